The summed E-state index contributed by atoms with van der Waals surface area (Å²) in [5.41, 5.74) is 7.79. The summed E-state index contributed by atoms with van der Waals surface area (Å²) in [6.07, 6.45) is 6.48. The molecule has 4 N–H and O–H groups in total. The largest absolute Gasteiger partial charge is 0.395 e. The van der Waals surface area contributed by atoms with Crippen LogP contribution in [0, 0.1) is 0 Å². The summed E-state index contributed by atoms with van der Waals surface area (Å²) in [5.74, 6) is 0.260. The molecule has 0 spiro atoms. The quantitative estimate of drug-likeness (QED) is 0.721. The Hall–Kier alpha value is -2.51. The highest BCUT2D eigenvalue weighted by Gasteiger charge is 2.21. The molecule has 1 amide bonds. The predicted octanol–water partition coefficient (Wildman–Crippen LogP) is 1.30. The lowest BCUT2D eigenvalue weighted by Gasteiger charge is -2.34. The maximum atomic E-state index is 12.3. The van der Waals surface area contributed by atoms with Gasteiger partial charge in [0.15, 0.2) is 0 Å². The molecule has 1 fully saturated rings. The topological polar surface area (TPSA) is 104 Å². The van der Waals surface area contributed by atoms with Gasteiger partial charge in [0.05, 0.1) is 24.7 Å². The molecular weight excluding hydrogens is 330 g/mol. The first-order valence-corrected chi connectivity index (χ1v) is 8.98. The average molecular weight is 355 g/mol. The van der Waals surface area contributed by atoms with Crippen LogP contribution in [-0.2, 0) is 0 Å². The maximum Gasteiger partial charge on any atom is 0.251 e. The Kier molecular flexibility index (Phi) is 6.14. The van der Waals surface area contributed by atoms with Crippen molar-refractivity contribution >= 4 is 11.7 Å². The lowest BCUT2D eigenvalue weighted by Crippen LogP contribution is -2.45. The van der Waals surface area contributed by atoms with Crippen molar-refractivity contribution in [2.45, 2.75) is 25.3 Å². The van der Waals surface area contributed by atoms with E-state index in [2.05, 4.69) is 20.2 Å². The van der Waals surface area contributed by atoms with E-state index in [9.17, 15) is 9.90 Å². The number of likely N-dealkylation sites (tertiary alicyclic amines) is 1. The molecule has 0 bridgehead atoms. The molecule has 3 rings (SSSR count). The standard InChI is InChI=1S/C19H25N5O2/c20-18-12-21-11-17(23-18)14-4-6-15(7-5-14)19(26)22-8-10-24-9-2-1-3-16(24)13-25/h4-7,11-12,16,25H,1-3,8-10,13H2,(H2,20,23)(H,22,26). The molecule has 1 aromatic carbocycles. The van der Waals surface area contributed by atoms with Crippen molar-refractivity contribution in [1.82, 2.24) is 20.2 Å². The molecule has 1 unspecified atom stereocenters. The maximum absolute atomic E-state index is 12.3. The number of hydrogen-bond donors (Lipinski definition) is 3. The summed E-state index contributed by atoms with van der Waals surface area (Å²) in [5, 5.41) is 12.4. The minimum atomic E-state index is -0.104. The third kappa shape index (κ3) is 4.56. The van der Waals surface area contributed by atoms with Gasteiger partial charge >= 0.3 is 0 Å². The minimum Gasteiger partial charge on any atom is -0.395 e. The van der Waals surface area contributed by atoms with Gasteiger partial charge in [-0.1, -0.05) is 18.6 Å². The number of amides is 1. The van der Waals surface area contributed by atoms with Crippen molar-refractivity contribution in [1.29, 1.82) is 0 Å². The van der Waals surface area contributed by atoms with Crippen LogP contribution in [0.2, 0.25) is 0 Å². The Morgan fingerprint density at radius 1 is 1.27 bits per heavy atom. The van der Waals surface area contributed by atoms with E-state index in [1.54, 1.807) is 18.3 Å². The van der Waals surface area contributed by atoms with E-state index in [4.69, 9.17) is 5.73 Å². The van der Waals surface area contributed by atoms with Crippen LogP contribution in [0.5, 0.6) is 0 Å². The highest BCUT2D eigenvalue weighted by molar-refractivity contribution is 5.94. The van der Waals surface area contributed by atoms with Crippen LogP contribution in [0.3, 0.4) is 0 Å². The van der Waals surface area contributed by atoms with E-state index < -0.39 is 0 Å². The third-order valence-electron chi connectivity index (χ3n) is 4.74. The highest BCUT2D eigenvalue weighted by Crippen LogP contribution is 2.18. The first-order valence-electron chi connectivity index (χ1n) is 8.98. The number of rotatable bonds is 6. The number of aliphatic hydroxyl groups is 1. The summed E-state index contributed by atoms with van der Waals surface area (Å²) in [7, 11) is 0. The molecule has 1 atom stereocenters. The molecule has 0 saturated carbocycles. The van der Waals surface area contributed by atoms with Gasteiger partial charge in [-0.15, -0.1) is 0 Å². The number of nitrogens with two attached hydrogens (primary N) is 1. The number of nitrogens with zero attached hydrogens (tertiary/aromatic N) is 3. The van der Waals surface area contributed by atoms with Gasteiger partial charge in [-0.3, -0.25) is 14.7 Å². The zero-order valence-electron chi connectivity index (χ0n) is 14.8. The fourth-order valence-corrected chi connectivity index (χ4v) is 3.29. The summed E-state index contributed by atoms with van der Waals surface area (Å²) < 4.78 is 0. The van der Waals surface area contributed by atoms with Crippen molar-refractivity contribution in [2.75, 3.05) is 32.0 Å². The zero-order valence-corrected chi connectivity index (χ0v) is 14.8. The molecular formula is C19H25N5O2. The van der Waals surface area contributed by atoms with E-state index >= 15 is 0 Å². The van der Waals surface area contributed by atoms with Crippen molar-refractivity contribution < 1.29 is 9.90 Å². The third-order valence-corrected chi connectivity index (χ3v) is 4.74. The molecule has 2 heterocycles. The predicted molar refractivity (Wildman–Crippen MR) is 101 cm³/mol. The number of anilines is 1. The summed E-state index contributed by atoms with van der Waals surface area (Å²) in [6.45, 7) is 2.49. The van der Waals surface area contributed by atoms with Crippen molar-refractivity contribution in [3.8, 4) is 11.3 Å². The van der Waals surface area contributed by atoms with Gasteiger partial charge in [-0.05, 0) is 31.5 Å². The number of aliphatic hydroxyl groups excluding tert-OH is 1. The Labute approximate surface area is 153 Å². The molecule has 138 valence electrons. The zero-order chi connectivity index (χ0) is 18.4. The van der Waals surface area contributed by atoms with E-state index in [-0.39, 0.29) is 18.6 Å². The minimum absolute atomic E-state index is 0.104. The molecule has 1 aromatic heterocycles. The number of piperidine rings is 1. The number of nitrogen functional groups attached to an aromatic ring is 1. The van der Waals surface area contributed by atoms with Crippen molar-refractivity contribution in [3.05, 3.63) is 42.2 Å². The number of carbonyl (C=O) groups excluding carboxylic acids is 1. The molecule has 7 heteroatoms. The van der Waals surface area contributed by atoms with Crippen LogP contribution in [0.4, 0.5) is 5.82 Å². The highest BCUT2D eigenvalue weighted by atomic mass is 16.3. The second-order valence-electron chi connectivity index (χ2n) is 6.53. The van der Waals surface area contributed by atoms with Crippen molar-refractivity contribution in [3.63, 3.8) is 0 Å². The molecule has 0 radical (unpaired) electrons. The summed E-state index contributed by atoms with van der Waals surface area (Å²) in [4.78, 5) is 22.8. The van der Waals surface area contributed by atoms with Gasteiger partial charge in [-0.25, -0.2) is 4.98 Å². The van der Waals surface area contributed by atoms with E-state index in [1.807, 2.05) is 12.1 Å². The number of aromatic nitrogens is 2. The van der Waals surface area contributed by atoms with Crippen molar-refractivity contribution in [2.24, 2.45) is 0 Å². The second-order valence-corrected chi connectivity index (χ2v) is 6.53. The van der Waals surface area contributed by atoms with Gasteiger partial charge in [0.2, 0.25) is 0 Å². The van der Waals surface area contributed by atoms with Crippen LogP contribution >= 0.6 is 0 Å². The van der Waals surface area contributed by atoms with Crippen LogP contribution in [0.25, 0.3) is 11.3 Å². The molecule has 26 heavy (non-hydrogen) atoms. The summed E-state index contributed by atoms with van der Waals surface area (Å²) >= 11 is 0. The van der Waals surface area contributed by atoms with Crippen LogP contribution < -0.4 is 11.1 Å². The van der Waals surface area contributed by atoms with Gasteiger partial charge in [0, 0.05) is 30.3 Å². The second kappa shape index (κ2) is 8.73. The Bertz CT molecular complexity index is 735. The van der Waals surface area contributed by atoms with Crippen LogP contribution in [-0.4, -0.2) is 58.2 Å². The smallest absolute Gasteiger partial charge is 0.251 e. The van der Waals surface area contributed by atoms with E-state index in [0.717, 1.165) is 37.9 Å². The fourth-order valence-electron chi connectivity index (χ4n) is 3.29. The first kappa shape index (κ1) is 18.3. The fraction of sp³-hybridized carbons (Fsp3) is 0.421. The molecule has 0 aliphatic carbocycles. The molecule has 2 aromatic rings. The lowest BCUT2D eigenvalue weighted by molar-refractivity contribution is 0.0849. The molecule has 1 aliphatic heterocycles. The SMILES string of the molecule is Nc1cncc(-c2ccc(C(=O)NCCN3CCCCC3CO)cc2)n1. The number of benzene rings is 1. The molecule has 1 saturated heterocycles. The molecule has 7 nitrogen and oxygen atoms in total. The van der Waals surface area contributed by atoms with E-state index in [1.165, 1.54) is 6.20 Å². The average Bonchev–Trinajstić information content (AvgIpc) is 2.68. The summed E-state index contributed by atoms with van der Waals surface area (Å²) in [6, 6.07) is 7.44. The Morgan fingerprint density at radius 3 is 2.81 bits per heavy atom. The Morgan fingerprint density at radius 2 is 2.08 bits per heavy atom. The normalized spacial score (nSPS) is 17.8. The van der Waals surface area contributed by atoms with Gasteiger partial charge < -0.3 is 16.2 Å². The molecule has 1 aliphatic rings. The van der Waals surface area contributed by atoms with E-state index in [0.29, 0.717) is 23.6 Å². The number of hydrogen-bond acceptors (Lipinski definition) is 6. The first-order chi connectivity index (χ1) is 12.7. The van der Waals surface area contributed by atoms with Gasteiger partial charge in [-0.2, -0.15) is 0 Å². The van der Waals surface area contributed by atoms with Gasteiger partial charge in [0.25, 0.3) is 5.91 Å². The Balaban J connectivity index is 1.53. The monoisotopic (exact) mass is 355 g/mol. The van der Waals surface area contributed by atoms with Crippen LogP contribution in [0.1, 0.15) is 29.6 Å². The lowest BCUT2D eigenvalue weighted by atomic mass is 10.0. The number of carbonyl (C=O) groups is 1. The number of nitrogens with one attached hydrogen (secondary N) is 1. The van der Waals surface area contributed by atoms with Crippen LogP contribution in [0.15, 0.2) is 36.7 Å². The van der Waals surface area contributed by atoms with Gasteiger partial charge in [0.1, 0.15) is 5.82 Å².